The molecule has 2 amide bonds. The van der Waals surface area contributed by atoms with Crippen LogP contribution in [0.3, 0.4) is 0 Å². The number of rotatable bonds is 12. The Morgan fingerprint density at radius 1 is 1.11 bits per heavy atom. The van der Waals surface area contributed by atoms with E-state index in [1.54, 1.807) is 25.3 Å². The maximum atomic E-state index is 13.1. The Labute approximate surface area is 226 Å². The molecule has 1 aliphatic heterocycles. The van der Waals surface area contributed by atoms with Crippen LogP contribution in [0.15, 0.2) is 30.5 Å². The van der Waals surface area contributed by atoms with E-state index < -0.39 is 5.41 Å². The van der Waals surface area contributed by atoms with Gasteiger partial charge in [0.15, 0.2) is 0 Å². The summed E-state index contributed by atoms with van der Waals surface area (Å²) in [6, 6.07) is 6.94. The molecule has 2 aromatic rings. The number of benzene rings is 1. The number of carbonyl (C=O) groups is 2. The molecule has 0 atom stereocenters. The van der Waals surface area contributed by atoms with E-state index in [4.69, 9.17) is 42.1 Å². The summed E-state index contributed by atoms with van der Waals surface area (Å²) >= 11 is 12.1. The van der Waals surface area contributed by atoms with Gasteiger partial charge in [-0.05, 0) is 55.5 Å². The normalized spacial score (nSPS) is 20.5. The number of nitrogens with one attached hydrogen (secondary N) is 2. The van der Waals surface area contributed by atoms with E-state index in [0.717, 1.165) is 11.3 Å². The summed E-state index contributed by atoms with van der Waals surface area (Å²) in [5.41, 5.74) is 1.43. The van der Waals surface area contributed by atoms with Crippen LogP contribution >= 0.6 is 23.2 Å². The van der Waals surface area contributed by atoms with Crippen molar-refractivity contribution in [1.82, 2.24) is 10.3 Å². The third-order valence-corrected chi connectivity index (χ3v) is 7.13. The first-order chi connectivity index (χ1) is 17.9. The van der Waals surface area contributed by atoms with Crippen LogP contribution in [0.4, 0.5) is 5.69 Å². The van der Waals surface area contributed by atoms with Crippen LogP contribution in [0, 0.1) is 0 Å². The minimum Gasteiger partial charge on any atom is -0.473 e. The molecule has 1 spiro atoms. The summed E-state index contributed by atoms with van der Waals surface area (Å²) in [4.78, 5) is 30.0. The lowest BCUT2D eigenvalue weighted by Crippen LogP contribution is -2.41. The standard InChI is InChI=1S/C26H31Cl2N3O6/c1-34-10-11-36-13-12-35-9-8-29-23(32)17-2-3-22-20(14-17)26(25(33)31-22)6-4-19(5-7-26)37-24-21(28)15-18(27)16-30-24/h2-3,14-16,19H,4-13H2,1H3,(H,29,32)(H,31,33). The van der Waals surface area contributed by atoms with Crippen molar-refractivity contribution >= 4 is 40.7 Å². The number of pyridine rings is 1. The number of nitrogens with zero attached hydrogens (tertiary/aromatic N) is 1. The Hall–Kier alpha value is -2.43. The average Bonchev–Trinajstić information content (AvgIpc) is 3.16. The monoisotopic (exact) mass is 551 g/mol. The van der Waals surface area contributed by atoms with Gasteiger partial charge in [0.25, 0.3) is 5.91 Å². The third kappa shape index (κ3) is 6.72. The first-order valence-electron chi connectivity index (χ1n) is 12.3. The number of ether oxygens (including phenoxy) is 4. The fraction of sp³-hybridized carbons (Fsp3) is 0.500. The second-order valence-electron chi connectivity index (χ2n) is 9.03. The predicted octanol–water partition coefficient (Wildman–Crippen LogP) is 4.01. The molecule has 9 nitrogen and oxygen atoms in total. The number of aromatic nitrogens is 1. The van der Waals surface area contributed by atoms with Crippen LogP contribution in [0.1, 0.15) is 41.6 Å². The second kappa shape index (κ2) is 12.9. The first kappa shape index (κ1) is 27.6. The highest BCUT2D eigenvalue weighted by Gasteiger charge is 2.49. The van der Waals surface area contributed by atoms with Gasteiger partial charge in [-0.2, -0.15) is 0 Å². The van der Waals surface area contributed by atoms with Crippen molar-refractivity contribution in [1.29, 1.82) is 0 Å². The van der Waals surface area contributed by atoms with Crippen LogP contribution in [0.25, 0.3) is 0 Å². The Morgan fingerprint density at radius 2 is 1.84 bits per heavy atom. The number of methoxy groups -OCH3 is 1. The maximum Gasteiger partial charge on any atom is 0.251 e. The Balaban J connectivity index is 1.30. The van der Waals surface area contributed by atoms with Crippen LogP contribution in [-0.4, -0.2) is 69.6 Å². The summed E-state index contributed by atoms with van der Waals surface area (Å²) in [5.74, 6) is 0.0878. The Morgan fingerprint density at radius 3 is 2.57 bits per heavy atom. The molecule has 11 heteroatoms. The molecule has 37 heavy (non-hydrogen) atoms. The van der Waals surface area contributed by atoms with Crippen molar-refractivity contribution in [2.75, 3.05) is 52.0 Å². The highest BCUT2D eigenvalue weighted by Crippen LogP contribution is 2.48. The summed E-state index contributed by atoms with van der Waals surface area (Å²) in [6.45, 7) is 2.73. The van der Waals surface area contributed by atoms with Crippen molar-refractivity contribution in [3.63, 3.8) is 0 Å². The summed E-state index contributed by atoms with van der Waals surface area (Å²) in [6.07, 6.45) is 3.85. The van der Waals surface area contributed by atoms with Crippen LogP contribution in [0.2, 0.25) is 10.0 Å². The van der Waals surface area contributed by atoms with Gasteiger partial charge >= 0.3 is 0 Å². The fourth-order valence-corrected chi connectivity index (χ4v) is 5.13. The van der Waals surface area contributed by atoms with Crippen molar-refractivity contribution in [2.24, 2.45) is 0 Å². The molecule has 2 N–H and O–H groups in total. The molecule has 1 aromatic carbocycles. The van der Waals surface area contributed by atoms with Crippen molar-refractivity contribution in [3.8, 4) is 5.88 Å². The molecule has 200 valence electrons. The number of hydrogen-bond acceptors (Lipinski definition) is 7. The van der Waals surface area contributed by atoms with Crippen LogP contribution in [0.5, 0.6) is 5.88 Å². The predicted molar refractivity (Wildman–Crippen MR) is 140 cm³/mol. The minimum absolute atomic E-state index is 0.0396. The van der Waals surface area contributed by atoms with Crippen molar-refractivity contribution in [2.45, 2.75) is 37.2 Å². The summed E-state index contributed by atoms with van der Waals surface area (Å²) in [7, 11) is 1.62. The molecule has 2 aliphatic rings. The van der Waals surface area contributed by atoms with Gasteiger partial charge in [-0.25, -0.2) is 4.98 Å². The smallest absolute Gasteiger partial charge is 0.251 e. The zero-order valence-electron chi connectivity index (χ0n) is 20.7. The second-order valence-corrected chi connectivity index (χ2v) is 9.87. The topological polar surface area (TPSA) is 108 Å². The van der Waals surface area contributed by atoms with E-state index in [-0.39, 0.29) is 17.9 Å². The molecule has 1 saturated carbocycles. The van der Waals surface area contributed by atoms with Gasteiger partial charge in [-0.15, -0.1) is 0 Å². The number of carbonyl (C=O) groups excluding carboxylic acids is 2. The lowest BCUT2D eigenvalue weighted by Gasteiger charge is -2.35. The zero-order chi connectivity index (χ0) is 26.3. The fourth-order valence-electron chi connectivity index (χ4n) is 4.70. The van der Waals surface area contributed by atoms with E-state index >= 15 is 0 Å². The van der Waals surface area contributed by atoms with E-state index in [2.05, 4.69) is 15.6 Å². The minimum atomic E-state index is -0.686. The Bertz CT molecular complexity index is 1110. The number of fused-ring (bicyclic) bond motifs is 2. The largest absolute Gasteiger partial charge is 0.473 e. The molecule has 0 radical (unpaired) electrons. The van der Waals surface area contributed by atoms with Gasteiger partial charge in [0.05, 0.1) is 43.5 Å². The summed E-state index contributed by atoms with van der Waals surface area (Å²) < 4.78 is 21.7. The number of anilines is 1. The molecular formula is C26H31Cl2N3O6. The molecular weight excluding hydrogens is 521 g/mol. The van der Waals surface area contributed by atoms with Gasteiger partial charge in [-0.1, -0.05) is 23.2 Å². The third-order valence-electron chi connectivity index (χ3n) is 6.65. The van der Waals surface area contributed by atoms with E-state index in [1.807, 2.05) is 6.07 Å². The molecule has 1 aromatic heterocycles. The average molecular weight is 552 g/mol. The molecule has 1 aliphatic carbocycles. The first-order valence-corrected chi connectivity index (χ1v) is 13.0. The molecule has 1 fully saturated rings. The SMILES string of the molecule is COCCOCCOCCNC(=O)c1ccc2c(c1)C1(CCC(Oc3ncc(Cl)cc3Cl)CC1)C(=O)N2. The molecule has 0 saturated heterocycles. The van der Waals surface area contributed by atoms with Gasteiger partial charge in [-0.3, -0.25) is 9.59 Å². The lowest BCUT2D eigenvalue weighted by molar-refractivity contribution is -0.122. The van der Waals surface area contributed by atoms with Crippen LogP contribution < -0.4 is 15.4 Å². The highest BCUT2D eigenvalue weighted by molar-refractivity contribution is 6.35. The number of halogens is 2. The van der Waals surface area contributed by atoms with E-state index in [0.29, 0.717) is 86.8 Å². The zero-order valence-corrected chi connectivity index (χ0v) is 22.2. The quantitative estimate of drug-likeness (QED) is 0.383. The molecule has 0 bridgehead atoms. The number of amides is 2. The summed E-state index contributed by atoms with van der Waals surface area (Å²) in [5, 5.41) is 6.65. The maximum absolute atomic E-state index is 13.1. The highest BCUT2D eigenvalue weighted by atomic mass is 35.5. The molecule has 2 heterocycles. The molecule has 4 rings (SSSR count). The Kier molecular flexibility index (Phi) is 9.61. The van der Waals surface area contributed by atoms with Gasteiger partial charge in [0.2, 0.25) is 11.8 Å². The van der Waals surface area contributed by atoms with Crippen molar-refractivity contribution in [3.05, 3.63) is 51.6 Å². The van der Waals surface area contributed by atoms with Gasteiger partial charge < -0.3 is 29.6 Å². The number of hydrogen-bond donors (Lipinski definition) is 2. The van der Waals surface area contributed by atoms with E-state index in [9.17, 15) is 9.59 Å². The van der Waals surface area contributed by atoms with Gasteiger partial charge in [0.1, 0.15) is 11.1 Å². The van der Waals surface area contributed by atoms with E-state index in [1.165, 1.54) is 6.20 Å². The lowest BCUT2D eigenvalue weighted by atomic mass is 9.69. The van der Waals surface area contributed by atoms with Crippen molar-refractivity contribution < 1.29 is 28.5 Å². The van der Waals surface area contributed by atoms with Crippen LogP contribution in [-0.2, 0) is 24.4 Å². The van der Waals surface area contributed by atoms with Gasteiger partial charge in [0, 0.05) is 31.1 Å². The molecule has 0 unspecified atom stereocenters.